The van der Waals surface area contributed by atoms with Crippen molar-refractivity contribution in [1.29, 1.82) is 0 Å². The predicted octanol–water partition coefficient (Wildman–Crippen LogP) is 4.09. The minimum atomic E-state index is -0.121. The smallest absolute Gasteiger partial charge is 0.255 e. The summed E-state index contributed by atoms with van der Waals surface area (Å²) in [5.41, 5.74) is 1.98. The Labute approximate surface area is 174 Å². The SMILES string of the molecule is COc1cccc(C(=O)NCCCCN2CCC(c3ccccc3)CC2)c1OC. The topological polar surface area (TPSA) is 50.8 Å². The number of hydrogen-bond acceptors (Lipinski definition) is 4. The van der Waals surface area contributed by atoms with E-state index in [9.17, 15) is 4.79 Å². The van der Waals surface area contributed by atoms with E-state index in [4.69, 9.17) is 9.47 Å². The molecular formula is C24H32N2O3. The molecule has 1 aliphatic rings. The lowest BCUT2D eigenvalue weighted by Gasteiger charge is -2.32. The van der Waals surface area contributed by atoms with E-state index in [1.54, 1.807) is 32.4 Å². The Morgan fingerprint density at radius 2 is 1.76 bits per heavy atom. The zero-order valence-electron chi connectivity index (χ0n) is 17.5. The van der Waals surface area contributed by atoms with Crippen LogP contribution in [0.4, 0.5) is 0 Å². The van der Waals surface area contributed by atoms with Gasteiger partial charge < -0.3 is 19.7 Å². The Balaban J connectivity index is 1.35. The molecule has 5 heteroatoms. The number of piperidine rings is 1. The zero-order chi connectivity index (χ0) is 20.5. The van der Waals surface area contributed by atoms with Crippen molar-refractivity contribution in [3.8, 4) is 11.5 Å². The number of hydrogen-bond donors (Lipinski definition) is 1. The van der Waals surface area contributed by atoms with Gasteiger partial charge in [-0.1, -0.05) is 36.4 Å². The third kappa shape index (κ3) is 5.73. The van der Waals surface area contributed by atoms with Crippen molar-refractivity contribution in [2.24, 2.45) is 0 Å². The number of para-hydroxylation sites is 1. The van der Waals surface area contributed by atoms with Crippen LogP contribution in [0.3, 0.4) is 0 Å². The Morgan fingerprint density at radius 1 is 1.00 bits per heavy atom. The average Bonchev–Trinajstić information content (AvgIpc) is 2.79. The molecule has 1 aliphatic heterocycles. The molecule has 1 amide bonds. The maximum Gasteiger partial charge on any atom is 0.255 e. The summed E-state index contributed by atoms with van der Waals surface area (Å²) in [6.45, 7) is 4.08. The van der Waals surface area contributed by atoms with Gasteiger partial charge in [-0.3, -0.25) is 4.79 Å². The van der Waals surface area contributed by atoms with Crippen LogP contribution in [0.2, 0.25) is 0 Å². The third-order valence-corrected chi connectivity index (χ3v) is 5.69. The van der Waals surface area contributed by atoms with E-state index in [-0.39, 0.29) is 5.91 Å². The highest BCUT2D eigenvalue weighted by Gasteiger charge is 2.20. The second kappa shape index (κ2) is 10.9. The number of benzene rings is 2. The molecule has 0 atom stereocenters. The van der Waals surface area contributed by atoms with Crippen molar-refractivity contribution in [3.63, 3.8) is 0 Å². The molecule has 1 heterocycles. The van der Waals surface area contributed by atoms with Gasteiger partial charge in [0.15, 0.2) is 11.5 Å². The summed E-state index contributed by atoms with van der Waals surface area (Å²) in [4.78, 5) is 15.0. The summed E-state index contributed by atoms with van der Waals surface area (Å²) in [6.07, 6.45) is 4.52. The molecule has 156 valence electrons. The molecule has 3 rings (SSSR count). The molecule has 0 aliphatic carbocycles. The van der Waals surface area contributed by atoms with Gasteiger partial charge in [-0.05, 0) is 68.9 Å². The molecule has 0 unspecified atom stereocenters. The summed E-state index contributed by atoms with van der Waals surface area (Å²) in [5, 5.41) is 3.00. The molecule has 1 fully saturated rings. The summed E-state index contributed by atoms with van der Waals surface area (Å²) in [5.74, 6) is 1.63. The lowest BCUT2D eigenvalue weighted by atomic mass is 9.89. The number of nitrogens with zero attached hydrogens (tertiary/aromatic N) is 1. The molecule has 1 saturated heterocycles. The molecule has 5 nitrogen and oxygen atoms in total. The minimum absolute atomic E-state index is 0.121. The molecule has 29 heavy (non-hydrogen) atoms. The van der Waals surface area contributed by atoms with E-state index in [1.807, 2.05) is 0 Å². The Bertz CT molecular complexity index is 771. The summed E-state index contributed by atoms with van der Waals surface area (Å²) in [6, 6.07) is 16.2. The standard InChI is InChI=1S/C24H32N2O3/c1-28-22-12-8-11-21(23(22)29-2)24(27)25-15-6-7-16-26-17-13-20(14-18-26)19-9-4-3-5-10-19/h3-5,8-12,20H,6-7,13-18H2,1-2H3,(H,25,27). The maximum absolute atomic E-state index is 12.5. The van der Waals surface area contributed by atoms with Crippen LogP contribution in [0.15, 0.2) is 48.5 Å². The van der Waals surface area contributed by atoms with E-state index in [2.05, 4.69) is 40.5 Å². The number of amides is 1. The first-order valence-electron chi connectivity index (χ1n) is 10.5. The van der Waals surface area contributed by atoms with Crippen molar-refractivity contribution < 1.29 is 14.3 Å². The van der Waals surface area contributed by atoms with Crippen LogP contribution < -0.4 is 14.8 Å². The highest BCUT2D eigenvalue weighted by Crippen LogP contribution is 2.30. The summed E-state index contributed by atoms with van der Waals surface area (Å²) >= 11 is 0. The van der Waals surface area contributed by atoms with Crippen molar-refractivity contribution in [2.45, 2.75) is 31.6 Å². The number of ether oxygens (including phenoxy) is 2. The average molecular weight is 397 g/mol. The number of unbranched alkanes of at least 4 members (excludes halogenated alkanes) is 1. The van der Waals surface area contributed by atoms with Gasteiger partial charge >= 0.3 is 0 Å². The Hall–Kier alpha value is -2.53. The second-order valence-corrected chi connectivity index (χ2v) is 7.53. The largest absolute Gasteiger partial charge is 0.493 e. The van der Waals surface area contributed by atoms with Crippen molar-refractivity contribution in [3.05, 3.63) is 59.7 Å². The van der Waals surface area contributed by atoms with Crippen LogP contribution in [0.5, 0.6) is 11.5 Å². The first-order valence-corrected chi connectivity index (χ1v) is 10.5. The molecule has 0 radical (unpaired) electrons. The van der Waals surface area contributed by atoms with Crippen LogP contribution in [0, 0.1) is 0 Å². The fourth-order valence-corrected chi connectivity index (χ4v) is 4.04. The molecule has 0 aromatic heterocycles. The molecule has 2 aromatic carbocycles. The molecular weight excluding hydrogens is 364 g/mol. The quantitative estimate of drug-likeness (QED) is 0.649. The fourth-order valence-electron chi connectivity index (χ4n) is 4.04. The lowest BCUT2D eigenvalue weighted by molar-refractivity contribution is 0.0948. The van der Waals surface area contributed by atoms with E-state index in [1.165, 1.54) is 18.4 Å². The van der Waals surface area contributed by atoms with Crippen LogP contribution in [0.1, 0.15) is 47.5 Å². The monoisotopic (exact) mass is 396 g/mol. The molecule has 0 saturated carbocycles. The molecule has 1 N–H and O–H groups in total. The zero-order valence-corrected chi connectivity index (χ0v) is 17.5. The highest BCUT2D eigenvalue weighted by atomic mass is 16.5. The van der Waals surface area contributed by atoms with Gasteiger partial charge in [0, 0.05) is 6.54 Å². The van der Waals surface area contributed by atoms with Gasteiger partial charge in [-0.25, -0.2) is 0 Å². The Kier molecular flexibility index (Phi) is 7.94. The van der Waals surface area contributed by atoms with Crippen molar-refractivity contribution in [2.75, 3.05) is 40.4 Å². The third-order valence-electron chi connectivity index (χ3n) is 5.69. The summed E-state index contributed by atoms with van der Waals surface area (Å²) in [7, 11) is 3.12. The number of carbonyl (C=O) groups excluding carboxylic acids is 1. The van der Waals surface area contributed by atoms with Crippen LogP contribution in [-0.2, 0) is 0 Å². The second-order valence-electron chi connectivity index (χ2n) is 7.53. The molecule has 0 bridgehead atoms. The van der Waals surface area contributed by atoms with Crippen molar-refractivity contribution >= 4 is 5.91 Å². The van der Waals surface area contributed by atoms with Crippen LogP contribution in [0.25, 0.3) is 0 Å². The van der Waals surface area contributed by atoms with Crippen LogP contribution in [-0.4, -0.2) is 51.2 Å². The van der Waals surface area contributed by atoms with E-state index in [0.29, 0.717) is 29.5 Å². The van der Waals surface area contributed by atoms with Gasteiger partial charge in [0.25, 0.3) is 5.91 Å². The van der Waals surface area contributed by atoms with Crippen LogP contribution >= 0.6 is 0 Å². The van der Waals surface area contributed by atoms with Gasteiger partial charge in [0.2, 0.25) is 0 Å². The first kappa shape index (κ1) is 21.2. The van der Waals surface area contributed by atoms with Crippen molar-refractivity contribution in [1.82, 2.24) is 10.2 Å². The van der Waals surface area contributed by atoms with Gasteiger partial charge in [0.1, 0.15) is 0 Å². The molecule has 2 aromatic rings. The van der Waals surface area contributed by atoms with E-state index < -0.39 is 0 Å². The van der Waals surface area contributed by atoms with E-state index in [0.717, 1.165) is 32.5 Å². The minimum Gasteiger partial charge on any atom is -0.493 e. The predicted molar refractivity (Wildman–Crippen MR) is 116 cm³/mol. The number of likely N-dealkylation sites (tertiary alicyclic amines) is 1. The summed E-state index contributed by atoms with van der Waals surface area (Å²) < 4.78 is 10.6. The van der Waals surface area contributed by atoms with Gasteiger partial charge in [0.05, 0.1) is 19.8 Å². The van der Waals surface area contributed by atoms with Gasteiger partial charge in [-0.2, -0.15) is 0 Å². The number of nitrogens with one attached hydrogen (secondary N) is 1. The lowest BCUT2D eigenvalue weighted by Crippen LogP contribution is -2.34. The number of rotatable bonds is 9. The highest BCUT2D eigenvalue weighted by molar-refractivity contribution is 5.97. The number of methoxy groups -OCH3 is 2. The number of carbonyl (C=O) groups is 1. The van der Waals surface area contributed by atoms with Gasteiger partial charge in [-0.15, -0.1) is 0 Å². The Morgan fingerprint density at radius 3 is 2.45 bits per heavy atom. The first-order chi connectivity index (χ1) is 14.2. The normalized spacial score (nSPS) is 15.1. The van der Waals surface area contributed by atoms with E-state index >= 15 is 0 Å². The molecule has 0 spiro atoms. The maximum atomic E-state index is 12.5. The fraction of sp³-hybridized carbons (Fsp3) is 0.458.